The number of ether oxygens (including phenoxy) is 5. The quantitative estimate of drug-likeness (QED) is 0.0993. The van der Waals surface area contributed by atoms with Crippen LogP contribution in [0.5, 0.6) is 28.7 Å². The molecule has 11 N–H and O–H groups in total. The third-order valence-corrected chi connectivity index (χ3v) is 11.2. The molecule has 3 aliphatic heterocycles. The van der Waals surface area contributed by atoms with Gasteiger partial charge in [-0.15, -0.1) is 0 Å². The van der Waals surface area contributed by atoms with E-state index in [-0.39, 0.29) is 40.9 Å². The number of hydrogen-bond acceptors (Lipinski definition) is 17. The number of hydrogen-bond donors (Lipinski definition) is 11. The summed E-state index contributed by atoms with van der Waals surface area (Å²) in [5.41, 5.74) is 1.64. The number of carboxylic acids is 1. The third kappa shape index (κ3) is 7.48. The Bertz CT molecular complexity index is 2030. The number of aliphatic carboxylic acids is 1. The molecular weight excluding hydrogens is 758 g/mol. The van der Waals surface area contributed by atoms with Crippen LogP contribution in [0.2, 0.25) is 0 Å². The largest absolute Gasteiger partial charge is 0.507 e. The molecule has 3 fully saturated rings. The highest BCUT2D eigenvalue weighted by Crippen LogP contribution is 2.47. The van der Waals surface area contributed by atoms with E-state index in [1.807, 2.05) is 6.07 Å². The van der Waals surface area contributed by atoms with Crippen molar-refractivity contribution >= 4 is 17.7 Å². The maximum absolute atomic E-state index is 13.6. The van der Waals surface area contributed by atoms with E-state index in [1.165, 1.54) is 24.3 Å². The van der Waals surface area contributed by atoms with Crippen molar-refractivity contribution < 1.29 is 89.1 Å². The van der Waals surface area contributed by atoms with Gasteiger partial charge < -0.3 is 79.7 Å². The van der Waals surface area contributed by atoms with Gasteiger partial charge in [0.25, 0.3) is 0 Å². The average molecular weight is 802 g/mol. The number of aliphatic hydroxyl groups is 6. The zero-order valence-electron chi connectivity index (χ0n) is 30.3. The van der Waals surface area contributed by atoms with Crippen molar-refractivity contribution in [2.45, 2.75) is 118 Å². The lowest BCUT2D eigenvalue weighted by Gasteiger charge is -2.41. The van der Waals surface area contributed by atoms with Gasteiger partial charge >= 0.3 is 11.9 Å². The molecule has 19 nitrogen and oxygen atoms in total. The summed E-state index contributed by atoms with van der Waals surface area (Å²) in [7, 11) is 0. The zero-order valence-corrected chi connectivity index (χ0v) is 30.3. The molecule has 19 heteroatoms. The molecule has 1 aliphatic carbocycles. The Morgan fingerprint density at radius 1 is 0.842 bits per heavy atom. The van der Waals surface area contributed by atoms with Crippen LogP contribution >= 0.6 is 0 Å². The van der Waals surface area contributed by atoms with Crippen LogP contribution in [0.15, 0.2) is 36.5 Å². The van der Waals surface area contributed by atoms with E-state index in [4.69, 9.17) is 23.7 Å². The minimum Gasteiger partial charge on any atom is -0.507 e. The van der Waals surface area contributed by atoms with Gasteiger partial charge in [0.05, 0.1) is 6.42 Å². The topological polar surface area (TPSA) is 315 Å². The number of esters is 1. The number of carbonyl (C=O) groups excluding carboxylic acids is 2. The Labute approximate surface area is 323 Å². The molecule has 0 amide bonds. The number of carboxylic acid groups (broad SMARTS) is 1. The van der Waals surface area contributed by atoms with Gasteiger partial charge in [0.1, 0.15) is 65.5 Å². The number of aliphatic hydroxyl groups excluding tert-OH is 6. The van der Waals surface area contributed by atoms with Crippen molar-refractivity contribution in [1.29, 1.82) is 0 Å². The van der Waals surface area contributed by atoms with Crippen LogP contribution in [0.1, 0.15) is 77.9 Å². The van der Waals surface area contributed by atoms with Gasteiger partial charge in [-0.2, -0.15) is 0 Å². The molecule has 2 aromatic carbocycles. The number of rotatable bonds is 9. The fourth-order valence-corrected chi connectivity index (χ4v) is 7.81. The Balaban J connectivity index is 1.21. The molecule has 57 heavy (non-hydrogen) atoms. The summed E-state index contributed by atoms with van der Waals surface area (Å²) in [5.74, 6) is -5.74. The van der Waals surface area contributed by atoms with Crippen molar-refractivity contribution in [1.82, 2.24) is 4.98 Å². The Hall–Kier alpha value is -4.99. The van der Waals surface area contributed by atoms with Crippen LogP contribution < -0.4 is 9.47 Å². The second kappa shape index (κ2) is 15.4. The fraction of sp³-hybridized carbons (Fsp3) is 0.500. The number of fused-ring (bicyclic) bond motifs is 1. The second-order valence-corrected chi connectivity index (χ2v) is 15.1. The monoisotopic (exact) mass is 801 g/mol. The first-order valence-corrected chi connectivity index (χ1v) is 18.2. The van der Waals surface area contributed by atoms with E-state index in [9.17, 15) is 65.4 Å². The fourth-order valence-electron chi connectivity index (χ4n) is 7.81. The van der Waals surface area contributed by atoms with Crippen molar-refractivity contribution in [3.63, 3.8) is 0 Å². The van der Waals surface area contributed by atoms with Crippen LogP contribution in [0.3, 0.4) is 0 Å². The predicted octanol–water partition coefficient (Wildman–Crippen LogP) is -0.118. The summed E-state index contributed by atoms with van der Waals surface area (Å²) < 4.78 is 27.7. The Kier molecular flexibility index (Phi) is 10.9. The van der Waals surface area contributed by atoms with Crippen LogP contribution in [0, 0.1) is 0 Å². The molecule has 2 saturated heterocycles. The number of Topliss-reactive ketones (excluding diaryl/α,β-unsaturated/α-hetero) is 1. The number of nitrogens with one attached hydrogen (secondary N) is 1. The second-order valence-electron chi connectivity index (χ2n) is 15.1. The van der Waals surface area contributed by atoms with Gasteiger partial charge in [-0.3, -0.25) is 4.79 Å². The summed E-state index contributed by atoms with van der Waals surface area (Å²) in [6, 6.07) is 6.99. The van der Waals surface area contributed by atoms with Crippen LogP contribution in [0.25, 0.3) is 0 Å². The number of H-pyrrole nitrogens is 1. The van der Waals surface area contributed by atoms with Crippen molar-refractivity contribution in [2.24, 2.45) is 0 Å². The van der Waals surface area contributed by atoms with Gasteiger partial charge in [0, 0.05) is 35.4 Å². The molecule has 4 aliphatic rings. The highest BCUT2D eigenvalue weighted by molar-refractivity contribution is 6.03. The standard InChI is InChI=1S/C38H43NO18/c1-38(6-2-3-7-38)23-9-14(13-39-23)8-16-21(12-22-24(25(16)43)19(42)11-20(53-22)15-4-5-17(40)18(41)10-15)54-36-30(48)27(45)29(47)33(56-36)35(52)57-37-31(49)26(44)28(46)32(55-37)34(50)51/h4-5,9-10,12-13,20,26-33,36-37,39-41,43-49H,2-3,6-8,11H2,1H3,(H,50,51)/t20?,26-,27-,28-,29-,30+,31+,32-,33-,36-,37+/m0/s1. The molecule has 11 atom stereocenters. The summed E-state index contributed by atoms with van der Waals surface area (Å²) in [4.78, 5) is 41.8. The molecule has 0 spiro atoms. The summed E-state index contributed by atoms with van der Waals surface area (Å²) in [6.07, 6.45) is -16.9. The number of aromatic nitrogens is 1. The molecule has 3 aromatic rings. The van der Waals surface area contributed by atoms with Gasteiger partial charge in [0.15, 0.2) is 29.5 Å². The van der Waals surface area contributed by atoms with Crippen LogP contribution in [0.4, 0.5) is 0 Å². The number of aromatic hydroxyl groups is 3. The Morgan fingerprint density at radius 2 is 1.49 bits per heavy atom. The molecule has 4 heterocycles. The SMILES string of the molecule is CC1(c2cc(Cc3c(O[C@H]4O[C@H](C(=O)O[C@H]5O[C@H](C(=O)O)[C@@H](O)[C@H](O)[C@H]5O)[C@@H](O)[C@H](O)[C@H]4O)cc4c(c3O)C(=O)CC(c3ccc(O)c(O)c3)O4)c[nH]2)CCCC1. The van der Waals surface area contributed by atoms with Crippen molar-refractivity contribution in [2.75, 3.05) is 0 Å². The highest BCUT2D eigenvalue weighted by Gasteiger charge is 2.53. The van der Waals surface area contributed by atoms with Crippen molar-refractivity contribution in [3.05, 3.63) is 64.5 Å². The van der Waals surface area contributed by atoms with Gasteiger partial charge in [0.2, 0.25) is 12.6 Å². The molecule has 1 aromatic heterocycles. The highest BCUT2D eigenvalue weighted by atomic mass is 16.7. The lowest BCUT2D eigenvalue weighted by molar-refractivity contribution is -0.302. The number of phenols is 3. The van der Waals surface area contributed by atoms with E-state index < -0.39 is 102 Å². The summed E-state index contributed by atoms with van der Waals surface area (Å²) >= 11 is 0. The van der Waals surface area contributed by atoms with Gasteiger partial charge in [-0.05, 0) is 42.2 Å². The molecular formula is C38H43NO18. The number of aromatic amines is 1. The first-order chi connectivity index (χ1) is 27.0. The molecule has 308 valence electrons. The van der Waals surface area contributed by atoms with E-state index >= 15 is 0 Å². The summed E-state index contributed by atoms with van der Waals surface area (Å²) in [5, 5.41) is 104. The smallest absolute Gasteiger partial charge is 0.340 e. The van der Waals surface area contributed by atoms with E-state index in [0.717, 1.165) is 31.4 Å². The zero-order chi connectivity index (χ0) is 41.1. The Morgan fingerprint density at radius 3 is 2.16 bits per heavy atom. The van der Waals surface area contributed by atoms with E-state index in [2.05, 4.69) is 11.9 Å². The molecule has 7 rings (SSSR count). The maximum atomic E-state index is 13.6. The first-order valence-electron chi connectivity index (χ1n) is 18.2. The van der Waals surface area contributed by atoms with Crippen LogP contribution in [-0.2, 0) is 35.6 Å². The molecule has 1 unspecified atom stereocenters. The normalized spacial score (nSPS) is 32.3. The molecule has 0 radical (unpaired) electrons. The predicted molar refractivity (Wildman–Crippen MR) is 187 cm³/mol. The third-order valence-electron chi connectivity index (χ3n) is 11.2. The van der Waals surface area contributed by atoms with Crippen molar-refractivity contribution in [3.8, 4) is 28.7 Å². The summed E-state index contributed by atoms with van der Waals surface area (Å²) in [6.45, 7) is 2.14. The lowest BCUT2D eigenvalue weighted by atomic mass is 9.85. The number of benzene rings is 2. The average Bonchev–Trinajstić information content (AvgIpc) is 3.84. The number of phenolic OH excluding ortho intramolecular Hbond substituents is 3. The minimum atomic E-state index is -2.20. The lowest BCUT2D eigenvalue weighted by Crippen LogP contribution is -2.63. The van der Waals surface area contributed by atoms with Crippen LogP contribution in [-0.4, -0.2) is 135 Å². The molecule has 0 bridgehead atoms. The number of carbonyl (C=O) groups is 3. The van der Waals surface area contributed by atoms with E-state index in [1.54, 1.807) is 6.20 Å². The number of ketones is 1. The maximum Gasteiger partial charge on any atom is 0.340 e. The van der Waals surface area contributed by atoms with E-state index in [0.29, 0.717) is 11.1 Å². The van der Waals surface area contributed by atoms with Gasteiger partial charge in [-0.1, -0.05) is 25.8 Å². The van der Waals surface area contributed by atoms with Gasteiger partial charge in [-0.25, -0.2) is 9.59 Å². The molecule has 1 saturated carbocycles. The minimum absolute atomic E-state index is 0.00933. The first kappa shape index (κ1) is 40.2.